The number of rotatable bonds is 6. The van der Waals surface area contributed by atoms with E-state index in [1.165, 1.54) is 12.0 Å². The fourth-order valence-electron chi connectivity index (χ4n) is 2.64. The number of carbonyl (C=O) groups excluding carboxylic acids is 3. The Balaban J connectivity index is 1.68. The Morgan fingerprint density at radius 1 is 1.14 bits per heavy atom. The molecule has 0 saturated carbocycles. The molecular formula is C21H19NO5S. The van der Waals surface area contributed by atoms with Crippen LogP contribution >= 0.6 is 11.8 Å². The number of aryl methyl sites for hydroxylation is 1. The van der Waals surface area contributed by atoms with E-state index >= 15 is 0 Å². The lowest BCUT2D eigenvalue weighted by atomic mass is 10.1. The average Bonchev–Trinajstić information content (AvgIpc) is 2.94. The standard InChI is InChI=1S/C21H19NO5S/c1-14-4-3-5-16(10-14)12-22-20(24)18(28-21(22)25)11-15-6-8-17(9-7-15)27-13-19(23)26-2/h3-11H,12-13H2,1-2H3/b18-11-. The highest BCUT2D eigenvalue weighted by molar-refractivity contribution is 8.18. The second-order valence-corrected chi connectivity index (χ2v) is 7.18. The van der Waals surface area contributed by atoms with E-state index in [0.29, 0.717) is 10.7 Å². The zero-order valence-electron chi connectivity index (χ0n) is 15.5. The lowest BCUT2D eigenvalue weighted by Gasteiger charge is -2.12. The number of amides is 2. The first kappa shape index (κ1) is 19.7. The fourth-order valence-corrected chi connectivity index (χ4v) is 3.48. The Bertz CT molecular complexity index is 936. The first-order valence-electron chi connectivity index (χ1n) is 8.57. The summed E-state index contributed by atoms with van der Waals surface area (Å²) in [7, 11) is 1.29. The van der Waals surface area contributed by atoms with Crippen LogP contribution in [0, 0.1) is 6.92 Å². The molecule has 0 aromatic heterocycles. The molecule has 1 saturated heterocycles. The van der Waals surface area contributed by atoms with Gasteiger partial charge in [0.1, 0.15) is 5.75 Å². The molecule has 2 aromatic carbocycles. The lowest BCUT2D eigenvalue weighted by Crippen LogP contribution is -2.27. The highest BCUT2D eigenvalue weighted by Gasteiger charge is 2.34. The third-order valence-electron chi connectivity index (χ3n) is 4.06. The minimum atomic E-state index is -0.466. The van der Waals surface area contributed by atoms with Crippen LogP contribution in [-0.2, 0) is 20.9 Å². The van der Waals surface area contributed by atoms with Gasteiger partial charge in [0.25, 0.3) is 11.1 Å². The molecule has 1 aliphatic rings. The van der Waals surface area contributed by atoms with Gasteiger partial charge in [-0.3, -0.25) is 14.5 Å². The van der Waals surface area contributed by atoms with E-state index in [1.54, 1.807) is 30.3 Å². The van der Waals surface area contributed by atoms with Crippen molar-refractivity contribution < 1.29 is 23.9 Å². The third-order valence-corrected chi connectivity index (χ3v) is 4.97. The van der Waals surface area contributed by atoms with Crippen molar-refractivity contribution >= 4 is 35.0 Å². The van der Waals surface area contributed by atoms with Gasteiger partial charge in [-0.2, -0.15) is 0 Å². The molecule has 0 spiro atoms. The molecule has 0 radical (unpaired) electrons. The van der Waals surface area contributed by atoms with Gasteiger partial charge in [0.2, 0.25) is 0 Å². The Morgan fingerprint density at radius 2 is 1.89 bits per heavy atom. The maximum absolute atomic E-state index is 12.6. The second-order valence-electron chi connectivity index (χ2n) is 6.19. The first-order chi connectivity index (χ1) is 13.5. The monoisotopic (exact) mass is 397 g/mol. The summed E-state index contributed by atoms with van der Waals surface area (Å²) in [6.07, 6.45) is 1.67. The Morgan fingerprint density at radius 3 is 2.57 bits per heavy atom. The molecule has 28 heavy (non-hydrogen) atoms. The highest BCUT2D eigenvalue weighted by Crippen LogP contribution is 2.33. The average molecular weight is 397 g/mol. The third kappa shape index (κ3) is 4.80. The molecule has 6 nitrogen and oxygen atoms in total. The summed E-state index contributed by atoms with van der Waals surface area (Å²) in [6, 6.07) is 14.6. The van der Waals surface area contributed by atoms with E-state index < -0.39 is 5.97 Å². The van der Waals surface area contributed by atoms with E-state index in [4.69, 9.17) is 4.74 Å². The van der Waals surface area contributed by atoms with Crippen LogP contribution in [0.4, 0.5) is 4.79 Å². The topological polar surface area (TPSA) is 72.9 Å². The first-order valence-corrected chi connectivity index (χ1v) is 9.38. The van der Waals surface area contributed by atoms with Crippen LogP contribution in [-0.4, -0.2) is 35.7 Å². The van der Waals surface area contributed by atoms with E-state index in [9.17, 15) is 14.4 Å². The lowest BCUT2D eigenvalue weighted by molar-refractivity contribution is -0.142. The van der Waals surface area contributed by atoms with Crippen molar-refractivity contribution in [2.24, 2.45) is 0 Å². The number of thioether (sulfide) groups is 1. The number of hydrogen-bond acceptors (Lipinski definition) is 6. The van der Waals surface area contributed by atoms with Crippen LogP contribution in [0.3, 0.4) is 0 Å². The molecule has 3 rings (SSSR count). The van der Waals surface area contributed by atoms with Crippen molar-refractivity contribution in [1.29, 1.82) is 0 Å². The van der Waals surface area contributed by atoms with Crippen molar-refractivity contribution in [2.45, 2.75) is 13.5 Å². The summed E-state index contributed by atoms with van der Waals surface area (Å²) >= 11 is 0.928. The molecule has 2 amide bonds. The molecule has 144 valence electrons. The molecule has 0 N–H and O–H groups in total. The second kappa shape index (κ2) is 8.75. The van der Waals surface area contributed by atoms with Crippen molar-refractivity contribution in [3.63, 3.8) is 0 Å². The number of carbonyl (C=O) groups is 3. The zero-order chi connectivity index (χ0) is 20.1. The van der Waals surface area contributed by atoms with Crippen LogP contribution in [0.5, 0.6) is 5.75 Å². The van der Waals surface area contributed by atoms with Crippen LogP contribution in [0.1, 0.15) is 16.7 Å². The quantitative estimate of drug-likeness (QED) is 0.546. The van der Waals surface area contributed by atoms with Gasteiger partial charge in [-0.15, -0.1) is 0 Å². The summed E-state index contributed by atoms with van der Waals surface area (Å²) in [5.74, 6) is -0.260. The summed E-state index contributed by atoms with van der Waals surface area (Å²) in [5, 5.41) is -0.282. The van der Waals surface area contributed by atoms with E-state index in [2.05, 4.69) is 4.74 Å². The molecule has 1 heterocycles. The highest BCUT2D eigenvalue weighted by atomic mass is 32.2. The van der Waals surface area contributed by atoms with Gasteiger partial charge >= 0.3 is 5.97 Å². The fraction of sp³-hybridized carbons (Fsp3) is 0.190. The Hall–Kier alpha value is -3.06. The summed E-state index contributed by atoms with van der Waals surface area (Å²) in [6.45, 7) is 2.05. The molecule has 1 fully saturated rings. The summed E-state index contributed by atoms with van der Waals surface area (Å²) in [4.78, 5) is 37.6. The maximum atomic E-state index is 12.6. The van der Waals surface area contributed by atoms with Crippen LogP contribution in [0.2, 0.25) is 0 Å². The molecule has 7 heteroatoms. The van der Waals surface area contributed by atoms with Gasteiger partial charge in [0, 0.05) is 0 Å². The molecular weight excluding hydrogens is 378 g/mol. The number of ether oxygens (including phenoxy) is 2. The number of hydrogen-bond donors (Lipinski definition) is 0. The molecule has 0 aliphatic carbocycles. The van der Waals surface area contributed by atoms with E-state index in [1.807, 2.05) is 31.2 Å². The van der Waals surface area contributed by atoms with Gasteiger partial charge in [-0.05, 0) is 48.0 Å². The van der Waals surface area contributed by atoms with E-state index in [-0.39, 0.29) is 24.3 Å². The van der Waals surface area contributed by atoms with Gasteiger partial charge in [-0.25, -0.2) is 4.79 Å². The molecule has 0 atom stereocenters. The minimum absolute atomic E-state index is 0.173. The number of imide groups is 1. The number of methoxy groups -OCH3 is 1. The van der Waals surface area contributed by atoms with Crippen molar-refractivity contribution in [2.75, 3.05) is 13.7 Å². The smallest absolute Gasteiger partial charge is 0.343 e. The number of benzene rings is 2. The number of nitrogens with zero attached hydrogens (tertiary/aromatic N) is 1. The molecule has 2 aromatic rings. The summed E-state index contributed by atoms with van der Waals surface area (Å²) in [5.41, 5.74) is 2.75. The Kier molecular flexibility index (Phi) is 6.16. The van der Waals surface area contributed by atoms with Gasteiger partial charge in [-0.1, -0.05) is 42.0 Å². The summed E-state index contributed by atoms with van der Waals surface area (Å²) < 4.78 is 9.80. The molecule has 0 bridgehead atoms. The zero-order valence-corrected chi connectivity index (χ0v) is 16.3. The molecule has 0 unspecified atom stereocenters. The maximum Gasteiger partial charge on any atom is 0.343 e. The van der Waals surface area contributed by atoms with Crippen molar-refractivity contribution in [3.8, 4) is 5.75 Å². The van der Waals surface area contributed by atoms with Crippen LogP contribution in [0.15, 0.2) is 53.4 Å². The van der Waals surface area contributed by atoms with Crippen LogP contribution < -0.4 is 4.74 Å². The normalized spacial score (nSPS) is 15.2. The van der Waals surface area contributed by atoms with Crippen LogP contribution in [0.25, 0.3) is 6.08 Å². The minimum Gasteiger partial charge on any atom is -0.482 e. The van der Waals surface area contributed by atoms with E-state index in [0.717, 1.165) is 28.5 Å². The van der Waals surface area contributed by atoms with Gasteiger partial charge in [0.15, 0.2) is 6.61 Å². The van der Waals surface area contributed by atoms with Gasteiger partial charge in [0.05, 0.1) is 18.6 Å². The predicted molar refractivity (Wildman–Crippen MR) is 107 cm³/mol. The molecule has 1 aliphatic heterocycles. The Labute approximate surface area is 167 Å². The van der Waals surface area contributed by atoms with Crippen molar-refractivity contribution in [3.05, 3.63) is 70.1 Å². The SMILES string of the molecule is COC(=O)COc1ccc(/C=C2\SC(=O)N(Cc3cccc(C)c3)C2=O)cc1. The number of esters is 1. The predicted octanol–water partition coefficient (Wildman–Crippen LogP) is 3.78. The van der Waals surface area contributed by atoms with Crippen molar-refractivity contribution in [1.82, 2.24) is 4.90 Å². The van der Waals surface area contributed by atoms with Gasteiger partial charge < -0.3 is 9.47 Å². The largest absolute Gasteiger partial charge is 0.482 e.